The molecular weight excluding hydrogens is 256 g/mol. The molecule has 0 saturated carbocycles. The van der Waals surface area contributed by atoms with Crippen LogP contribution in [0.1, 0.15) is 55.1 Å². The van der Waals surface area contributed by atoms with Crippen molar-refractivity contribution in [3.63, 3.8) is 0 Å². The molecule has 1 rings (SSSR count). The van der Waals surface area contributed by atoms with Crippen LogP contribution in [-0.4, -0.2) is 25.5 Å². The molecule has 0 heterocycles. The molecule has 0 aliphatic carbocycles. The molecular formula is C16H22O4. The van der Waals surface area contributed by atoms with Crippen molar-refractivity contribution in [2.75, 3.05) is 13.7 Å². The highest BCUT2D eigenvalue weighted by Gasteiger charge is 2.27. The maximum Gasteiger partial charge on any atom is 0.379 e. The predicted octanol–water partition coefficient (Wildman–Crippen LogP) is 3.13. The topological polar surface area (TPSA) is 52.6 Å². The lowest BCUT2D eigenvalue weighted by molar-refractivity contribution is -0.137. The van der Waals surface area contributed by atoms with Crippen LogP contribution in [0.4, 0.5) is 0 Å². The van der Waals surface area contributed by atoms with Gasteiger partial charge in [-0.25, -0.2) is 4.79 Å². The molecule has 4 heteroatoms. The van der Waals surface area contributed by atoms with Gasteiger partial charge in [0.05, 0.1) is 19.3 Å². The standard InChI is InChI=1S/C16H22O4/c1-6-11-8-9-12(10(3)4)13(15(11)19-5)14(17)16(18)20-7-2/h8-10H,6-7H2,1-5H3. The van der Waals surface area contributed by atoms with Crippen LogP contribution in [0.15, 0.2) is 12.1 Å². The third-order valence-corrected chi connectivity index (χ3v) is 3.17. The van der Waals surface area contributed by atoms with Gasteiger partial charge in [-0.3, -0.25) is 4.79 Å². The molecule has 0 aliphatic rings. The van der Waals surface area contributed by atoms with Crippen LogP contribution in [0.25, 0.3) is 0 Å². The third kappa shape index (κ3) is 3.18. The number of ketones is 1. The van der Waals surface area contributed by atoms with Gasteiger partial charge >= 0.3 is 5.97 Å². The molecule has 1 aromatic carbocycles. The summed E-state index contributed by atoms with van der Waals surface area (Å²) in [5.41, 5.74) is 2.04. The smallest absolute Gasteiger partial charge is 0.379 e. The van der Waals surface area contributed by atoms with E-state index in [1.165, 1.54) is 7.11 Å². The van der Waals surface area contributed by atoms with Crippen LogP contribution in [0.2, 0.25) is 0 Å². The van der Waals surface area contributed by atoms with Crippen molar-refractivity contribution < 1.29 is 19.1 Å². The van der Waals surface area contributed by atoms with Crippen molar-refractivity contribution in [2.45, 2.75) is 40.0 Å². The largest absolute Gasteiger partial charge is 0.496 e. The van der Waals surface area contributed by atoms with E-state index in [0.29, 0.717) is 11.3 Å². The number of hydrogen-bond donors (Lipinski definition) is 0. The molecule has 0 bridgehead atoms. The average molecular weight is 278 g/mol. The second-order valence-electron chi connectivity index (χ2n) is 4.78. The van der Waals surface area contributed by atoms with Gasteiger partial charge in [-0.2, -0.15) is 0 Å². The van der Waals surface area contributed by atoms with Crippen molar-refractivity contribution in [1.29, 1.82) is 0 Å². The normalized spacial score (nSPS) is 10.5. The zero-order valence-electron chi connectivity index (χ0n) is 12.8. The van der Waals surface area contributed by atoms with Crippen molar-refractivity contribution >= 4 is 11.8 Å². The van der Waals surface area contributed by atoms with Crippen LogP contribution in [0.3, 0.4) is 0 Å². The summed E-state index contributed by atoms with van der Waals surface area (Å²) in [4.78, 5) is 24.1. The van der Waals surface area contributed by atoms with Gasteiger partial charge in [-0.05, 0) is 30.4 Å². The van der Waals surface area contributed by atoms with Crippen molar-refractivity contribution in [3.8, 4) is 5.75 Å². The molecule has 0 unspecified atom stereocenters. The molecule has 0 spiro atoms. The molecule has 20 heavy (non-hydrogen) atoms. The second kappa shape index (κ2) is 7.08. The van der Waals surface area contributed by atoms with E-state index < -0.39 is 11.8 Å². The molecule has 110 valence electrons. The van der Waals surface area contributed by atoms with E-state index in [4.69, 9.17) is 9.47 Å². The first kappa shape index (κ1) is 16.2. The minimum atomic E-state index is -0.832. The Morgan fingerprint density at radius 3 is 2.30 bits per heavy atom. The number of esters is 1. The quantitative estimate of drug-likeness (QED) is 0.456. The molecule has 0 atom stereocenters. The number of methoxy groups -OCH3 is 1. The van der Waals surface area contributed by atoms with Crippen LogP contribution < -0.4 is 4.74 Å². The van der Waals surface area contributed by atoms with E-state index in [1.54, 1.807) is 6.92 Å². The van der Waals surface area contributed by atoms with Gasteiger partial charge in [-0.15, -0.1) is 0 Å². The highest BCUT2D eigenvalue weighted by atomic mass is 16.5. The van der Waals surface area contributed by atoms with E-state index in [1.807, 2.05) is 32.9 Å². The number of carbonyl (C=O) groups excluding carboxylic acids is 2. The van der Waals surface area contributed by atoms with Gasteiger partial charge in [0.2, 0.25) is 0 Å². The molecule has 0 aliphatic heterocycles. The molecule has 4 nitrogen and oxygen atoms in total. The van der Waals surface area contributed by atoms with Gasteiger partial charge in [-0.1, -0.05) is 32.9 Å². The fourth-order valence-electron chi connectivity index (χ4n) is 2.17. The van der Waals surface area contributed by atoms with Crippen LogP contribution in [-0.2, 0) is 16.0 Å². The van der Waals surface area contributed by atoms with Crippen LogP contribution >= 0.6 is 0 Å². The number of ether oxygens (including phenoxy) is 2. The lowest BCUT2D eigenvalue weighted by atomic mass is 9.91. The summed E-state index contributed by atoms with van der Waals surface area (Å²) in [6.45, 7) is 7.78. The summed E-state index contributed by atoms with van der Waals surface area (Å²) in [7, 11) is 1.51. The first-order chi connectivity index (χ1) is 9.47. The lowest BCUT2D eigenvalue weighted by Gasteiger charge is -2.17. The predicted molar refractivity (Wildman–Crippen MR) is 77.4 cm³/mol. The van der Waals surface area contributed by atoms with Gasteiger partial charge in [0, 0.05) is 0 Å². The summed E-state index contributed by atoms with van der Waals surface area (Å²) in [6, 6.07) is 3.83. The first-order valence-corrected chi connectivity index (χ1v) is 6.89. The van der Waals surface area contributed by atoms with Crippen molar-refractivity contribution in [3.05, 3.63) is 28.8 Å². The number of rotatable bonds is 6. The van der Waals surface area contributed by atoms with E-state index in [2.05, 4.69) is 0 Å². The fourth-order valence-corrected chi connectivity index (χ4v) is 2.17. The minimum absolute atomic E-state index is 0.114. The fraction of sp³-hybridized carbons (Fsp3) is 0.500. The summed E-state index contributed by atoms with van der Waals surface area (Å²) in [6.07, 6.45) is 0.727. The number of benzene rings is 1. The Labute approximate surface area is 120 Å². The van der Waals surface area contributed by atoms with Crippen LogP contribution in [0.5, 0.6) is 5.75 Å². The van der Waals surface area contributed by atoms with E-state index in [0.717, 1.165) is 17.5 Å². The van der Waals surface area contributed by atoms with Crippen molar-refractivity contribution in [1.82, 2.24) is 0 Å². The van der Waals surface area contributed by atoms with Gasteiger partial charge in [0.25, 0.3) is 5.78 Å². The Balaban J connectivity index is 3.46. The monoisotopic (exact) mass is 278 g/mol. The summed E-state index contributed by atoms with van der Waals surface area (Å²) in [5.74, 6) is -0.872. The molecule has 1 aromatic rings. The highest BCUT2D eigenvalue weighted by molar-refractivity contribution is 6.41. The molecule has 0 radical (unpaired) electrons. The zero-order chi connectivity index (χ0) is 15.3. The zero-order valence-corrected chi connectivity index (χ0v) is 12.8. The Bertz CT molecular complexity index is 503. The van der Waals surface area contributed by atoms with Gasteiger partial charge < -0.3 is 9.47 Å². The summed E-state index contributed by atoms with van der Waals surface area (Å²) < 4.78 is 10.2. The average Bonchev–Trinajstić information content (AvgIpc) is 2.44. The lowest BCUT2D eigenvalue weighted by Crippen LogP contribution is -2.21. The van der Waals surface area contributed by atoms with E-state index >= 15 is 0 Å². The maximum atomic E-state index is 12.4. The highest BCUT2D eigenvalue weighted by Crippen LogP contribution is 2.32. The van der Waals surface area contributed by atoms with Gasteiger partial charge in [0.1, 0.15) is 5.75 Å². The number of Topliss-reactive ketones (excluding diaryl/α,β-unsaturated/α-hetero) is 1. The van der Waals surface area contributed by atoms with E-state index in [9.17, 15) is 9.59 Å². The first-order valence-electron chi connectivity index (χ1n) is 6.89. The summed E-state index contributed by atoms with van der Waals surface area (Å²) in [5, 5.41) is 0. The Hall–Kier alpha value is -1.84. The maximum absolute atomic E-state index is 12.4. The molecule has 0 amide bonds. The van der Waals surface area contributed by atoms with E-state index in [-0.39, 0.29) is 12.5 Å². The SMILES string of the molecule is CCOC(=O)C(=O)c1c(C(C)C)ccc(CC)c1OC. The Morgan fingerprint density at radius 2 is 1.85 bits per heavy atom. The molecule has 0 N–H and O–H groups in total. The Kier molecular flexibility index (Phi) is 5.74. The molecule has 0 saturated heterocycles. The summed E-state index contributed by atoms with van der Waals surface area (Å²) >= 11 is 0. The minimum Gasteiger partial charge on any atom is -0.496 e. The van der Waals surface area contributed by atoms with Crippen LogP contribution in [0, 0.1) is 0 Å². The van der Waals surface area contributed by atoms with Gasteiger partial charge in [0.15, 0.2) is 0 Å². The third-order valence-electron chi connectivity index (χ3n) is 3.17. The number of aryl methyl sites for hydroxylation is 1. The molecule has 0 aromatic heterocycles. The number of hydrogen-bond acceptors (Lipinski definition) is 4. The molecule has 0 fully saturated rings. The second-order valence-corrected chi connectivity index (χ2v) is 4.78. The Morgan fingerprint density at radius 1 is 1.20 bits per heavy atom. The van der Waals surface area contributed by atoms with Crippen molar-refractivity contribution in [2.24, 2.45) is 0 Å². The number of carbonyl (C=O) groups is 2.